The molecule has 0 aromatic carbocycles. The Labute approximate surface area is 103 Å². The molecule has 1 aromatic heterocycles. The Bertz CT molecular complexity index is 450. The van der Waals surface area contributed by atoms with Crippen LogP contribution in [0.2, 0.25) is 0 Å². The third-order valence-electron chi connectivity index (χ3n) is 1.73. The first-order chi connectivity index (χ1) is 8.58. The summed E-state index contributed by atoms with van der Waals surface area (Å²) in [5.74, 6) is -1.48. The van der Waals surface area contributed by atoms with E-state index < -0.39 is 24.4 Å². The molecule has 7 heteroatoms. The first-order valence-electron chi connectivity index (χ1n) is 5.01. The maximum Gasteiger partial charge on any atom is 0.331 e. The van der Waals surface area contributed by atoms with Gasteiger partial charge in [0.25, 0.3) is 5.91 Å². The molecule has 0 bridgehead atoms. The zero-order valence-corrected chi connectivity index (χ0v) is 9.42. The number of nitrogens with one attached hydrogen (secondary N) is 1. The Morgan fingerprint density at radius 1 is 1.44 bits per heavy atom. The van der Waals surface area contributed by atoms with E-state index in [2.05, 4.69) is 10.1 Å². The van der Waals surface area contributed by atoms with E-state index in [0.717, 1.165) is 6.08 Å². The van der Waals surface area contributed by atoms with Crippen LogP contribution in [0.5, 0.6) is 0 Å². The molecule has 3 N–H and O–H groups in total. The van der Waals surface area contributed by atoms with Crippen molar-refractivity contribution in [1.29, 1.82) is 0 Å². The summed E-state index contributed by atoms with van der Waals surface area (Å²) in [5, 5.41) is 2.17. The molecule has 1 heterocycles. The van der Waals surface area contributed by atoms with Crippen LogP contribution in [0.25, 0.3) is 6.08 Å². The molecule has 1 rings (SSSR count). The minimum Gasteiger partial charge on any atom is -0.465 e. The molecule has 0 atom stereocenters. The second kappa shape index (κ2) is 6.89. The number of esters is 1. The summed E-state index contributed by atoms with van der Waals surface area (Å²) in [7, 11) is 0. The average Bonchev–Trinajstić information content (AvgIpc) is 2.84. The van der Waals surface area contributed by atoms with Gasteiger partial charge in [0, 0.05) is 6.08 Å². The van der Waals surface area contributed by atoms with Crippen molar-refractivity contribution in [3.8, 4) is 0 Å². The van der Waals surface area contributed by atoms with E-state index in [0.29, 0.717) is 5.76 Å². The number of hydrogen-bond acceptors (Lipinski definition) is 5. The van der Waals surface area contributed by atoms with Crippen LogP contribution in [0, 0.1) is 0 Å². The molecular formula is C11H12N2O5. The van der Waals surface area contributed by atoms with Gasteiger partial charge in [0.2, 0.25) is 5.91 Å². The SMILES string of the molecule is NC(=O)CNC(=O)COC(=O)/C=C/c1ccco1. The fourth-order valence-electron chi connectivity index (χ4n) is 0.958. The first-order valence-corrected chi connectivity index (χ1v) is 5.01. The lowest BCUT2D eigenvalue weighted by Gasteiger charge is -2.02. The first kappa shape index (κ1) is 13.5. The van der Waals surface area contributed by atoms with E-state index >= 15 is 0 Å². The van der Waals surface area contributed by atoms with Gasteiger partial charge in [-0.25, -0.2) is 4.79 Å². The van der Waals surface area contributed by atoms with Gasteiger partial charge in [0.1, 0.15) is 5.76 Å². The van der Waals surface area contributed by atoms with Gasteiger partial charge in [-0.05, 0) is 18.2 Å². The fraction of sp³-hybridized carbons (Fsp3) is 0.182. The van der Waals surface area contributed by atoms with Crippen LogP contribution in [0.15, 0.2) is 28.9 Å². The molecule has 0 unspecified atom stereocenters. The molecule has 1 aromatic rings. The monoisotopic (exact) mass is 252 g/mol. The third kappa shape index (κ3) is 5.50. The molecule has 0 saturated carbocycles. The van der Waals surface area contributed by atoms with E-state index in [1.165, 1.54) is 12.3 Å². The van der Waals surface area contributed by atoms with Crippen LogP contribution >= 0.6 is 0 Å². The van der Waals surface area contributed by atoms with Crippen molar-refractivity contribution in [3.63, 3.8) is 0 Å². The molecule has 0 spiro atoms. The minimum atomic E-state index is -0.694. The van der Waals surface area contributed by atoms with Gasteiger partial charge in [-0.15, -0.1) is 0 Å². The topological polar surface area (TPSA) is 112 Å². The van der Waals surface area contributed by atoms with Crippen LogP contribution < -0.4 is 11.1 Å². The summed E-state index contributed by atoms with van der Waals surface area (Å²) >= 11 is 0. The molecule has 96 valence electrons. The highest BCUT2D eigenvalue weighted by molar-refractivity contribution is 5.89. The van der Waals surface area contributed by atoms with Gasteiger partial charge in [-0.1, -0.05) is 0 Å². The normalized spacial score (nSPS) is 10.2. The molecule has 0 saturated heterocycles. The summed E-state index contributed by atoms with van der Waals surface area (Å²) in [6.07, 6.45) is 3.99. The number of hydrogen-bond donors (Lipinski definition) is 2. The number of rotatable bonds is 6. The van der Waals surface area contributed by atoms with Gasteiger partial charge in [-0.2, -0.15) is 0 Å². The number of furan rings is 1. The highest BCUT2D eigenvalue weighted by Crippen LogP contribution is 2.02. The summed E-state index contributed by atoms with van der Waals surface area (Å²) in [5.41, 5.74) is 4.82. The Kier molecular flexibility index (Phi) is 5.17. The van der Waals surface area contributed by atoms with E-state index in [-0.39, 0.29) is 6.54 Å². The van der Waals surface area contributed by atoms with E-state index in [1.807, 2.05) is 0 Å². The van der Waals surface area contributed by atoms with Crippen LogP contribution in [0.1, 0.15) is 5.76 Å². The lowest BCUT2D eigenvalue weighted by Crippen LogP contribution is -2.35. The van der Waals surface area contributed by atoms with Crippen LogP contribution in [0.4, 0.5) is 0 Å². The molecule has 0 radical (unpaired) electrons. The predicted molar refractivity (Wildman–Crippen MR) is 60.9 cm³/mol. The van der Waals surface area contributed by atoms with Crippen LogP contribution in [-0.2, 0) is 19.1 Å². The number of carbonyl (C=O) groups is 3. The summed E-state index contributed by atoms with van der Waals surface area (Å²) < 4.78 is 9.55. The average molecular weight is 252 g/mol. The Balaban J connectivity index is 2.24. The largest absolute Gasteiger partial charge is 0.465 e. The number of carbonyl (C=O) groups excluding carboxylic acids is 3. The van der Waals surface area contributed by atoms with Crippen molar-refractivity contribution in [3.05, 3.63) is 30.2 Å². The van der Waals surface area contributed by atoms with Crippen molar-refractivity contribution >= 4 is 23.9 Å². The number of amides is 2. The minimum absolute atomic E-state index is 0.293. The molecule has 18 heavy (non-hydrogen) atoms. The second-order valence-electron chi connectivity index (χ2n) is 3.20. The van der Waals surface area contributed by atoms with Crippen molar-refractivity contribution in [1.82, 2.24) is 5.32 Å². The molecule has 0 aliphatic heterocycles. The Morgan fingerprint density at radius 3 is 2.83 bits per heavy atom. The maximum absolute atomic E-state index is 11.2. The van der Waals surface area contributed by atoms with E-state index in [4.69, 9.17) is 10.2 Å². The zero-order valence-electron chi connectivity index (χ0n) is 9.42. The molecule has 0 fully saturated rings. The lowest BCUT2D eigenvalue weighted by molar-refractivity contribution is -0.143. The maximum atomic E-state index is 11.2. The predicted octanol–water partition coefficient (Wildman–Crippen LogP) is -0.563. The zero-order chi connectivity index (χ0) is 13.4. The molecule has 2 amide bonds. The van der Waals surface area contributed by atoms with Crippen LogP contribution in [-0.4, -0.2) is 30.9 Å². The molecular weight excluding hydrogens is 240 g/mol. The quantitative estimate of drug-likeness (QED) is 0.520. The second-order valence-corrected chi connectivity index (χ2v) is 3.20. The van der Waals surface area contributed by atoms with Crippen molar-refractivity contribution in [2.75, 3.05) is 13.2 Å². The van der Waals surface area contributed by atoms with E-state index in [9.17, 15) is 14.4 Å². The van der Waals surface area contributed by atoms with Crippen molar-refractivity contribution < 1.29 is 23.5 Å². The van der Waals surface area contributed by atoms with Crippen molar-refractivity contribution in [2.24, 2.45) is 5.73 Å². The van der Waals surface area contributed by atoms with Gasteiger partial charge < -0.3 is 20.2 Å². The Hall–Kier alpha value is -2.57. The summed E-state index contributed by atoms with van der Waals surface area (Å²) in [6.45, 7) is -0.771. The van der Waals surface area contributed by atoms with E-state index in [1.54, 1.807) is 12.1 Å². The number of nitrogens with two attached hydrogens (primary N) is 1. The summed E-state index contributed by atoms with van der Waals surface area (Å²) in [4.78, 5) is 32.6. The van der Waals surface area contributed by atoms with Gasteiger partial charge >= 0.3 is 5.97 Å². The lowest BCUT2D eigenvalue weighted by atomic mass is 10.4. The molecule has 0 aliphatic rings. The van der Waals surface area contributed by atoms with Crippen LogP contribution in [0.3, 0.4) is 0 Å². The van der Waals surface area contributed by atoms with Gasteiger partial charge in [-0.3, -0.25) is 9.59 Å². The third-order valence-corrected chi connectivity index (χ3v) is 1.73. The smallest absolute Gasteiger partial charge is 0.331 e. The highest BCUT2D eigenvalue weighted by Gasteiger charge is 2.05. The van der Waals surface area contributed by atoms with Gasteiger partial charge in [0.15, 0.2) is 6.61 Å². The van der Waals surface area contributed by atoms with Crippen molar-refractivity contribution in [2.45, 2.75) is 0 Å². The fourth-order valence-corrected chi connectivity index (χ4v) is 0.958. The highest BCUT2D eigenvalue weighted by atomic mass is 16.5. The number of ether oxygens (including phenoxy) is 1. The van der Waals surface area contributed by atoms with Gasteiger partial charge in [0.05, 0.1) is 12.8 Å². The number of primary amides is 1. The molecule has 0 aliphatic carbocycles. The Morgan fingerprint density at radius 2 is 2.22 bits per heavy atom. The summed E-state index contributed by atoms with van der Waals surface area (Å²) in [6, 6.07) is 3.33. The molecule has 7 nitrogen and oxygen atoms in total. The standard InChI is InChI=1S/C11H12N2O5/c12-9(14)6-13-10(15)7-18-11(16)4-3-8-2-1-5-17-8/h1-5H,6-7H2,(H2,12,14)(H,13,15)/b4-3+.